The molecule has 0 saturated carbocycles. The Morgan fingerprint density at radius 3 is 1.55 bits per heavy atom. The predicted octanol–water partition coefficient (Wildman–Crippen LogP) is 3.94. The SMILES string of the molecule is Cc1ccc(C)c(NC(=O)C[C@@H]2CS(=O)(=O)C[C@@H]2CC(=O)Nc2cc(C)ccc2C)c1. The molecule has 0 spiro atoms. The van der Waals surface area contributed by atoms with Crippen LogP contribution in [0.1, 0.15) is 35.1 Å². The summed E-state index contributed by atoms with van der Waals surface area (Å²) in [6.45, 7) is 7.72. The molecule has 0 aliphatic carbocycles. The van der Waals surface area contributed by atoms with Gasteiger partial charge in [0.2, 0.25) is 11.8 Å². The van der Waals surface area contributed by atoms with Crippen LogP contribution in [-0.2, 0) is 19.4 Å². The van der Waals surface area contributed by atoms with Crippen molar-refractivity contribution in [2.75, 3.05) is 22.1 Å². The Kier molecular flexibility index (Phi) is 6.84. The zero-order valence-corrected chi connectivity index (χ0v) is 19.3. The lowest BCUT2D eigenvalue weighted by Gasteiger charge is -2.18. The number of hydrogen-bond acceptors (Lipinski definition) is 4. The van der Waals surface area contributed by atoms with Crippen molar-refractivity contribution in [2.24, 2.45) is 11.8 Å². The third-order valence-corrected chi connectivity index (χ3v) is 7.70. The fourth-order valence-electron chi connectivity index (χ4n) is 4.06. The molecule has 2 amide bonds. The first kappa shape index (κ1) is 23.0. The molecular formula is C24H30N2O4S. The van der Waals surface area contributed by atoms with Crippen molar-refractivity contribution >= 4 is 33.0 Å². The summed E-state index contributed by atoms with van der Waals surface area (Å²) < 4.78 is 24.5. The Morgan fingerprint density at radius 1 is 0.774 bits per heavy atom. The minimum Gasteiger partial charge on any atom is -0.326 e. The van der Waals surface area contributed by atoms with Crippen LogP contribution in [0, 0.1) is 39.5 Å². The molecular weight excluding hydrogens is 412 g/mol. The average molecular weight is 443 g/mol. The van der Waals surface area contributed by atoms with Gasteiger partial charge in [0.15, 0.2) is 9.84 Å². The largest absolute Gasteiger partial charge is 0.326 e. The van der Waals surface area contributed by atoms with Gasteiger partial charge in [-0.3, -0.25) is 9.59 Å². The first-order valence-electron chi connectivity index (χ1n) is 10.5. The lowest BCUT2D eigenvalue weighted by atomic mass is 9.89. The molecule has 31 heavy (non-hydrogen) atoms. The number of aryl methyl sites for hydroxylation is 4. The number of amides is 2. The van der Waals surface area contributed by atoms with E-state index in [0.29, 0.717) is 0 Å². The monoisotopic (exact) mass is 442 g/mol. The molecule has 0 unspecified atom stereocenters. The third kappa shape index (κ3) is 6.17. The molecule has 1 fully saturated rings. The van der Waals surface area contributed by atoms with Gasteiger partial charge in [0.25, 0.3) is 0 Å². The van der Waals surface area contributed by atoms with Crippen LogP contribution in [0.15, 0.2) is 36.4 Å². The molecule has 2 atom stereocenters. The van der Waals surface area contributed by atoms with Crippen molar-refractivity contribution < 1.29 is 18.0 Å². The summed E-state index contributed by atoms with van der Waals surface area (Å²) in [6.07, 6.45) is 0.155. The fourth-order valence-corrected chi connectivity index (χ4v) is 6.28. The van der Waals surface area contributed by atoms with E-state index in [1.165, 1.54) is 0 Å². The van der Waals surface area contributed by atoms with Crippen molar-refractivity contribution in [3.8, 4) is 0 Å². The maximum atomic E-state index is 12.6. The van der Waals surface area contributed by atoms with Gasteiger partial charge in [0.1, 0.15) is 0 Å². The topological polar surface area (TPSA) is 92.3 Å². The average Bonchev–Trinajstić information content (AvgIpc) is 2.94. The molecule has 2 aromatic carbocycles. The van der Waals surface area contributed by atoms with E-state index >= 15 is 0 Å². The van der Waals surface area contributed by atoms with Gasteiger partial charge in [0.05, 0.1) is 11.5 Å². The standard InChI is InChI=1S/C24H30N2O4S/c1-15-5-7-17(3)21(9-15)25-23(27)11-19-13-31(29,30)14-20(19)12-24(28)26-22-10-16(2)6-8-18(22)4/h5-10,19-20H,11-14H2,1-4H3,(H,25,27)(H,26,28)/t19-,20+. The molecule has 0 bridgehead atoms. The summed E-state index contributed by atoms with van der Waals surface area (Å²) in [5, 5.41) is 5.80. The smallest absolute Gasteiger partial charge is 0.224 e. The van der Waals surface area contributed by atoms with Gasteiger partial charge in [-0.15, -0.1) is 0 Å². The van der Waals surface area contributed by atoms with E-state index < -0.39 is 9.84 Å². The first-order chi connectivity index (χ1) is 14.5. The van der Waals surface area contributed by atoms with E-state index in [1.54, 1.807) is 0 Å². The van der Waals surface area contributed by atoms with E-state index in [2.05, 4.69) is 10.6 Å². The Bertz CT molecular complexity index is 1030. The number of sulfone groups is 1. The number of rotatable bonds is 6. The van der Waals surface area contributed by atoms with Crippen LogP contribution in [0.25, 0.3) is 0 Å². The summed E-state index contributed by atoms with van der Waals surface area (Å²) in [4.78, 5) is 25.3. The second-order valence-electron chi connectivity index (χ2n) is 8.74. The highest BCUT2D eigenvalue weighted by Crippen LogP contribution is 2.32. The summed E-state index contributed by atoms with van der Waals surface area (Å²) in [7, 11) is -3.27. The minimum absolute atomic E-state index is 0.0609. The van der Waals surface area contributed by atoms with Gasteiger partial charge in [-0.05, 0) is 73.9 Å². The molecule has 1 heterocycles. The number of carbonyl (C=O) groups excluding carboxylic acids is 2. The molecule has 2 aromatic rings. The molecule has 1 aliphatic rings. The molecule has 166 valence electrons. The highest BCUT2D eigenvalue weighted by molar-refractivity contribution is 7.91. The van der Waals surface area contributed by atoms with Crippen LogP contribution in [0.4, 0.5) is 11.4 Å². The van der Waals surface area contributed by atoms with Crippen molar-refractivity contribution in [3.05, 3.63) is 58.7 Å². The molecule has 0 aromatic heterocycles. The van der Waals surface area contributed by atoms with Gasteiger partial charge in [-0.2, -0.15) is 0 Å². The molecule has 0 radical (unpaired) electrons. The minimum atomic E-state index is -3.27. The van der Waals surface area contributed by atoms with Gasteiger partial charge in [-0.1, -0.05) is 24.3 Å². The summed E-state index contributed by atoms with van der Waals surface area (Å²) in [5.74, 6) is -1.33. The van der Waals surface area contributed by atoms with E-state index in [1.807, 2.05) is 64.1 Å². The third-order valence-electron chi connectivity index (χ3n) is 5.83. The second-order valence-corrected chi connectivity index (χ2v) is 10.9. The maximum absolute atomic E-state index is 12.6. The zero-order valence-electron chi connectivity index (χ0n) is 18.5. The number of hydrogen-bond donors (Lipinski definition) is 2. The molecule has 1 aliphatic heterocycles. The van der Waals surface area contributed by atoms with Gasteiger partial charge in [0, 0.05) is 24.2 Å². The Hall–Kier alpha value is -2.67. The normalized spacial score (nSPS) is 19.7. The van der Waals surface area contributed by atoms with Crippen molar-refractivity contribution in [1.29, 1.82) is 0 Å². The van der Waals surface area contributed by atoms with Crippen LogP contribution < -0.4 is 10.6 Å². The number of carbonyl (C=O) groups is 2. The van der Waals surface area contributed by atoms with E-state index in [0.717, 1.165) is 33.6 Å². The maximum Gasteiger partial charge on any atom is 0.224 e. The fraction of sp³-hybridized carbons (Fsp3) is 0.417. The lowest BCUT2D eigenvalue weighted by Crippen LogP contribution is -2.25. The lowest BCUT2D eigenvalue weighted by molar-refractivity contribution is -0.119. The van der Waals surface area contributed by atoms with Gasteiger partial charge < -0.3 is 10.6 Å². The number of anilines is 2. The summed E-state index contributed by atoms with van der Waals surface area (Å²) in [6, 6.07) is 11.6. The van der Waals surface area contributed by atoms with Crippen LogP contribution in [0.5, 0.6) is 0 Å². The van der Waals surface area contributed by atoms with Crippen molar-refractivity contribution in [2.45, 2.75) is 40.5 Å². The Morgan fingerprint density at radius 2 is 1.16 bits per heavy atom. The second kappa shape index (κ2) is 9.22. The van der Waals surface area contributed by atoms with Gasteiger partial charge >= 0.3 is 0 Å². The molecule has 3 rings (SSSR count). The van der Waals surface area contributed by atoms with E-state index in [4.69, 9.17) is 0 Å². The highest BCUT2D eigenvalue weighted by atomic mass is 32.2. The van der Waals surface area contributed by atoms with Crippen LogP contribution in [-0.4, -0.2) is 31.7 Å². The summed E-state index contributed by atoms with van der Waals surface area (Å²) in [5.41, 5.74) is 5.42. The molecule has 1 saturated heterocycles. The number of nitrogens with one attached hydrogen (secondary N) is 2. The first-order valence-corrected chi connectivity index (χ1v) is 12.3. The molecule has 6 nitrogen and oxygen atoms in total. The van der Waals surface area contributed by atoms with Crippen LogP contribution in [0.2, 0.25) is 0 Å². The van der Waals surface area contributed by atoms with Crippen LogP contribution in [0.3, 0.4) is 0 Å². The van der Waals surface area contributed by atoms with Gasteiger partial charge in [-0.25, -0.2) is 8.42 Å². The predicted molar refractivity (Wildman–Crippen MR) is 124 cm³/mol. The van der Waals surface area contributed by atoms with E-state index in [9.17, 15) is 18.0 Å². The highest BCUT2D eigenvalue weighted by Gasteiger charge is 2.39. The quantitative estimate of drug-likeness (QED) is 0.709. The number of benzene rings is 2. The van der Waals surface area contributed by atoms with Crippen LogP contribution >= 0.6 is 0 Å². The molecule has 7 heteroatoms. The summed E-state index contributed by atoms with van der Waals surface area (Å²) >= 11 is 0. The molecule has 2 N–H and O–H groups in total. The van der Waals surface area contributed by atoms with E-state index in [-0.39, 0.29) is 48.0 Å². The Balaban J connectivity index is 1.66. The zero-order chi connectivity index (χ0) is 22.8. The van der Waals surface area contributed by atoms with Crippen molar-refractivity contribution in [1.82, 2.24) is 0 Å². The van der Waals surface area contributed by atoms with Crippen molar-refractivity contribution in [3.63, 3.8) is 0 Å². The Labute approximate surface area is 184 Å².